The van der Waals surface area contributed by atoms with E-state index in [-0.39, 0.29) is 0 Å². The SMILES string of the molecule is CCCCCCOC(CC)C(=O)O. The second-order valence-corrected chi connectivity index (χ2v) is 3.17. The van der Waals surface area contributed by atoms with Gasteiger partial charge in [0.05, 0.1) is 0 Å². The highest BCUT2D eigenvalue weighted by atomic mass is 16.5. The van der Waals surface area contributed by atoms with E-state index in [0.29, 0.717) is 13.0 Å². The highest BCUT2D eigenvalue weighted by molar-refractivity contribution is 5.72. The van der Waals surface area contributed by atoms with Crippen molar-refractivity contribution in [2.24, 2.45) is 0 Å². The Balaban J connectivity index is 3.33. The number of carbonyl (C=O) groups is 1. The molecule has 0 saturated heterocycles. The van der Waals surface area contributed by atoms with Gasteiger partial charge in [0.25, 0.3) is 0 Å². The lowest BCUT2D eigenvalue weighted by molar-refractivity contribution is -0.150. The van der Waals surface area contributed by atoms with Crippen LogP contribution in [-0.2, 0) is 9.53 Å². The van der Waals surface area contributed by atoms with Gasteiger partial charge in [0.15, 0.2) is 6.10 Å². The minimum absolute atomic E-state index is 0.545. The molecule has 0 radical (unpaired) electrons. The number of carboxylic acid groups (broad SMARTS) is 1. The largest absolute Gasteiger partial charge is 0.479 e. The van der Waals surface area contributed by atoms with Crippen LogP contribution in [0.2, 0.25) is 0 Å². The van der Waals surface area contributed by atoms with Gasteiger partial charge in [-0.1, -0.05) is 33.1 Å². The van der Waals surface area contributed by atoms with Crippen LogP contribution in [0.15, 0.2) is 0 Å². The van der Waals surface area contributed by atoms with Crippen LogP contribution in [-0.4, -0.2) is 23.8 Å². The second kappa shape index (κ2) is 8.05. The van der Waals surface area contributed by atoms with Gasteiger partial charge in [-0.2, -0.15) is 0 Å². The van der Waals surface area contributed by atoms with E-state index in [2.05, 4.69) is 6.92 Å². The van der Waals surface area contributed by atoms with Crippen molar-refractivity contribution in [2.45, 2.75) is 52.1 Å². The molecule has 0 spiro atoms. The number of aliphatic carboxylic acids is 1. The van der Waals surface area contributed by atoms with Crippen molar-refractivity contribution in [3.63, 3.8) is 0 Å². The smallest absolute Gasteiger partial charge is 0.332 e. The Kier molecular flexibility index (Phi) is 7.69. The molecule has 0 rings (SSSR count). The zero-order valence-corrected chi connectivity index (χ0v) is 8.58. The van der Waals surface area contributed by atoms with Crippen LogP contribution < -0.4 is 0 Å². The molecule has 0 aliphatic rings. The molecule has 3 heteroatoms. The first-order valence-electron chi connectivity index (χ1n) is 5.06. The zero-order valence-electron chi connectivity index (χ0n) is 8.58. The third-order valence-corrected chi connectivity index (χ3v) is 1.96. The molecule has 0 heterocycles. The number of hydrogen-bond acceptors (Lipinski definition) is 2. The summed E-state index contributed by atoms with van der Waals surface area (Å²) in [6.45, 7) is 4.54. The van der Waals surface area contributed by atoms with Gasteiger partial charge in [0.1, 0.15) is 0 Å². The lowest BCUT2D eigenvalue weighted by atomic mass is 10.2. The highest BCUT2D eigenvalue weighted by Crippen LogP contribution is 2.03. The van der Waals surface area contributed by atoms with E-state index in [1.54, 1.807) is 0 Å². The van der Waals surface area contributed by atoms with Crippen LogP contribution >= 0.6 is 0 Å². The first-order chi connectivity index (χ1) is 6.22. The van der Waals surface area contributed by atoms with E-state index >= 15 is 0 Å². The lowest BCUT2D eigenvalue weighted by Gasteiger charge is -2.10. The quantitative estimate of drug-likeness (QED) is 0.595. The van der Waals surface area contributed by atoms with Crippen LogP contribution in [0.1, 0.15) is 46.0 Å². The first-order valence-corrected chi connectivity index (χ1v) is 5.06. The summed E-state index contributed by atoms with van der Waals surface area (Å²) in [6, 6.07) is 0. The fraction of sp³-hybridized carbons (Fsp3) is 0.900. The summed E-state index contributed by atoms with van der Waals surface area (Å²) >= 11 is 0. The number of hydrogen-bond donors (Lipinski definition) is 1. The van der Waals surface area contributed by atoms with Gasteiger partial charge in [-0.25, -0.2) is 4.79 Å². The summed E-state index contributed by atoms with van der Waals surface area (Å²) in [4.78, 5) is 10.5. The average molecular weight is 188 g/mol. The van der Waals surface area contributed by atoms with Crippen LogP contribution in [0, 0.1) is 0 Å². The van der Waals surface area contributed by atoms with Crippen LogP contribution in [0.4, 0.5) is 0 Å². The Hall–Kier alpha value is -0.570. The highest BCUT2D eigenvalue weighted by Gasteiger charge is 2.14. The number of unbranched alkanes of at least 4 members (excludes halogenated alkanes) is 3. The van der Waals surface area contributed by atoms with E-state index in [0.717, 1.165) is 12.8 Å². The van der Waals surface area contributed by atoms with E-state index < -0.39 is 12.1 Å². The topological polar surface area (TPSA) is 46.5 Å². The minimum atomic E-state index is -0.849. The summed E-state index contributed by atoms with van der Waals surface area (Å²) in [7, 11) is 0. The van der Waals surface area contributed by atoms with Gasteiger partial charge in [0, 0.05) is 6.61 Å². The maximum absolute atomic E-state index is 10.5. The van der Waals surface area contributed by atoms with E-state index in [4.69, 9.17) is 9.84 Å². The summed E-state index contributed by atoms with van der Waals surface area (Å²) in [6.07, 6.45) is 4.43. The molecule has 0 amide bonds. The van der Waals surface area contributed by atoms with Crippen LogP contribution in [0.3, 0.4) is 0 Å². The third-order valence-electron chi connectivity index (χ3n) is 1.96. The molecular weight excluding hydrogens is 168 g/mol. The van der Waals surface area contributed by atoms with Crippen LogP contribution in [0.25, 0.3) is 0 Å². The Morgan fingerprint density at radius 1 is 1.31 bits per heavy atom. The molecule has 0 aromatic heterocycles. The number of rotatable bonds is 8. The Bertz CT molecular complexity index is 134. The van der Waals surface area contributed by atoms with Crippen molar-refractivity contribution in [3.05, 3.63) is 0 Å². The lowest BCUT2D eigenvalue weighted by Crippen LogP contribution is -2.23. The maximum atomic E-state index is 10.5. The van der Waals surface area contributed by atoms with Crippen molar-refractivity contribution in [1.82, 2.24) is 0 Å². The molecule has 1 atom stereocenters. The Morgan fingerprint density at radius 2 is 2.00 bits per heavy atom. The molecule has 3 nitrogen and oxygen atoms in total. The molecule has 0 saturated carbocycles. The van der Waals surface area contributed by atoms with Gasteiger partial charge in [-0.15, -0.1) is 0 Å². The monoisotopic (exact) mass is 188 g/mol. The van der Waals surface area contributed by atoms with Crippen molar-refractivity contribution >= 4 is 5.97 Å². The molecule has 0 aliphatic carbocycles. The molecule has 1 N–H and O–H groups in total. The predicted molar refractivity (Wildman–Crippen MR) is 51.8 cm³/mol. The van der Waals surface area contributed by atoms with Gasteiger partial charge in [-0.05, 0) is 12.8 Å². The van der Waals surface area contributed by atoms with E-state index in [1.165, 1.54) is 12.8 Å². The molecule has 0 aromatic rings. The molecule has 0 fully saturated rings. The van der Waals surface area contributed by atoms with Crippen molar-refractivity contribution in [3.8, 4) is 0 Å². The number of ether oxygens (including phenoxy) is 1. The normalized spacial score (nSPS) is 12.8. The number of carboxylic acids is 1. The minimum Gasteiger partial charge on any atom is -0.479 e. The summed E-state index contributed by atoms with van der Waals surface area (Å²) in [5, 5.41) is 8.65. The summed E-state index contributed by atoms with van der Waals surface area (Å²) < 4.78 is 5.20. The van der Waals surface area contributed by atoms with Crippen molar-refractivity contribution in [1.29, 1.82) is 0 Å². The second-order valence-electron chi connectivity index (χ2n) is 3.17. The van der Waals surface area contributed by atoms with Crippen molar-refractivity contribution in [2.75, 3.05) is 6.61 Å². The van der Waals surface area contributed by atoms with Crippen molar-refractivity contribution < 1.29 is 14.6 Å². The van der Waals surface area contributed by atoms with Crippen LogP contribution in [0.5, 0.6) is 0 Å². The molecule has 0 aliphatic heterocycles. The standard InChI is InChI=1S/C10H20O3/c1-3-5-6-7-8-13-9(4-2)10(11)12/h9H,3-8H2,1-2H3,(H,11,12). The third kappa shape index (κ3) is 6.58. The van der Waals surface area contributed by atoms with Gasteiger partial charge in [0.2, 0.25) is 0 Å². The maximum Gasteiger partial charge on any atom is 0.332 e. The fourth-order valence-corrected chi connectivity index (χ4v) is 1.12. The zero-order chi connectivity index (χ0) is 10.1. The Morgan fingerprint density at radius 3 is 2.46 bits per heavy atom. The predicted octanol–water partition coefficient (Wildman–Crippen LogP) is 2.45. The summed E-state index contributed by atoms with van der Waals surface area (Å²) in [5.74, 6) is -0.849. The summed E-state index contributed by atoms with van der Waals surface area (Å²) in [5.41, 5.74) is 0. The van der Waals surface area contributed by atoms with E-state index in [1.807, 2.05) is 6.92 Å². The molecule has 0 bridgehead atoms. The van der Waals surface area contributed by atoms with Gasteiger partial charge < -0.3 is 9.84 Å². The van der Waals surface area contributed by atoms with Gasteiger partial charge >= 0.3 is 5.97 Å². The Labute approximate surface area is 80.1 Å². The molecular formula is C10H20O3. The molecule has 1 unspecified atom stereocenters. The molecule has 13 heavy (non-hydrogen) atoms. The fourth-order valence-electron chi connectivity index (χ4n) is 1.12. The first kappa shape index (κ1) is 12.4. The molecule has 78 valence electrons. The van der Waals surface area contributed by atoms with E-state index in [9.17, 15) is 4.79 Å². The molecule has 0 aromatic carbocycles. The average Bonchev–Trinajstić information content (AvgIpc) is 2.10. The van der Waals surface area contributed by atoms with Gasteiger partial charge in [-0.3, -0.25) is 0 Å².